The second kappa shape index (κ2) is 5.38. The minimum absolute atomic E-state index is 0.276. The van der Waals surface area contributed by atoms with Crippen LogP contribution in [0.25, 0.3) is 0 Å². The highest BCUT2D eigenvalue weighted by molar-refractivity contribution is 9.10. The number of benzene rings is 1. The van der Waals surface area contributed by atoms with Crippen molar-refractivity contribution in [3.05, 3.63) is 26.7 Å². The number of nitrogens with two attached hydrogens (primary N) is 1. The molecule has 0 heterocycles. The van der Waals surface area contributed by atoms with E-state index in [1.165, 1.54) is 6.07 Å². The maximum absolute atomic E-state index is 11.3. The molecule has 16 heavy (non-hydrogen) atoms. The summed E-state index contributed by atoms with van der Waals surface area (Å²) in [6.07, 6.45) is 0. The second-order valence-corrected chi connectivity index (χ2v) is 4.44. The van der Waals surface area contributed by atoms with Gasteiger partial charge in [0.1, 0.15) is 0 Å². The molecule has 1 aromatic carbocycles. The number of hydrogen-bond acceptors (Lipinski definition) is 2. The van der Waals surface area contributed by atoms with Gasteiger partial charge in [0.05, 0.1) is 10.7 Å². The Labute approximate surface area is 110 Å². The summed E-state index contributed by atoms with van der Waals surface area (Å²) in [5.74, 6) is -0.460. The number of guanidine groups is 1. The number of nitrogens with one attached hydrogen (secondary N) is 3. The number of hydrogen-bond donors (Lipinski definition) is 4. The Bertz CT molecular complexity index is 429. The van der Waals surface area contributed by atoms with E-state index in [1.807, 2.05) is 0 Å². The molecule has 0 aromatic heterocycles. The summed E-state index contributed by atoms with van der Waals surface area (Å²) >= 11 is 14.8. The van der Waals surface area contributed by atoms with Crippen LogP contribution >= 0.6 is 39.1 Å². The lowest BCUT2D eigenvalue weighted by molar-refractivity contribution is 0.256. The molecule has 1 rings (SSSR count). The highest BCUT2D eigenvalue weighted by Crippen LogP contribution is 2.33. The average molecular weight is 326 g/mol. The van der Waals surface area contributed by atoms with Crippen molar-refractivity contribution in [1.82, 2.24) is 5.32 Å². The van der Waals surface area contributed by atoms with Gasteiger partial charge >= 0.3 is 6.03 Å². The van der Waals surface area contributed by atoms with Crippen molar-refractivity contribution in [3.8, 4) is 0 Å². The minimum Gasteiger partial charge on any atom is -0.370 e. The molecular weight excluding hydrogens is 319 g/mol. The summed E-state index contributed by atoms with van der Waals surface area (Å²) in [4.78, 5) is 11.3. The average Bonchev–Trinajstić information content (AvgIpc) is 2.09. The predicted octanol–water partition coefficient (Wildman–Crippen LogP) is 2.77. The molecule has 0 bridgehead atoms. The van der Waals surface area contributed by atoms with Crippen LogP contribution in [0.2, 0.25) is 10.0 Å². The van der Waals surface area contributed by atoms with Crippen LogP contribution in [0.3, 0.4) is 0 Å². The number of urea groups is 1. The molecule has 0 aliphatic rings. The van der Waals surface area contributed by atoms with Gasteiger partial charge in [0.25, 0.3) is 0 Å². The molecule has 0 fully saturated rings. The Morgan fingerprint density at radius 2 is 2.06 bits per heavy atom. The zero-order valence-corrected chi connectivity index (χ0v) is 10.9. The fraction of sp³-hybridized carbons (Fsp3) is 0. The van der Waals surface area contributed by atoms with E-state index in [-0.39, 0.29) is 5.02 Å². The highest BCUT2D eigenvalue weighted by Gasteiger charge is 2.10. The van der Waals surface area contributed by atoms with Crippen molar-refractivity contribution >= 4 is 56.8 Å². The van der Waals surface area contributed by atoms with E-state index in [4.69, 9.17) is 34.3 Å². The van der Waals surface area contributed by atoms with Gasteiger partial charge in [-0.3, -0.25) is 10.7 Å². The standard InChI is InChI=1S/C8H7BrCl2N4O/c9-4-1-3(10)2-5(11)6(4)14-8(16)15-7(12)13/h1-2H,(H5,12,13,14,15,16). The summed E-state index contributed by atoms with van der Waals surface area (Å²) in [5.41, 5.74) is 5.34. The first-order valence-corrected chi connectivity index (χ1v) is 5.51. The number of amides is 2. The van der Waals surface area contributed by atoms with Gasteiger partial charge in [-0.25, -0.2) is 4.79 Å². The fourth-order valence-electron chi connectivity index (χ4n) is 0.929. The first-order chi connectivity index (χ1) is 7.40. The van der Waals surface area contributed by atoms with Gasteiger partial charge in [0, 0.05) is 9.50 Å². The lowest BCUT2D eigenvalue weighted by Crippen LogP contribution is -2.38. The molecule has 0 aliphatic heterocycles. The molecule has 86 valence electrons. The van der Waals surface area contributed by atoms with E-state index < -0.39 is 12.0 Å². The first-order valence-electron chi connectivity index (χ1n) is 3.96. The Morgan fingerprint density at radius 3 is 2.56 bits per heavy atom. The SMILES string of the molecule is N=C(N)NC(=O)Nc1c(Cl)cc(Cl)cc1Br. The topological polar surface area (TPSA) is 91.0 Å². The third-order valence-electron chi connectivity index (χ3n) is 1.49. The number of carbonyl (C=O) groups is 1. The van der Waals surface area contributed by atoms with Gasteiger partial charge in [-0.1, -0.05) is 23.2 Å². The lowest BCUT2D eigenvalue weighted by atomic mass is 10.3. The molecule has 8 heteroatoms. The Balaban J connectivity index is 2.89. The van der Waals surface area contributed by atoms with Gasteiger partial charge in [0.2, 0.25) is 0 Å². The highest BCUT2D eigenvalue weighted by atomic mass is 79.9. The largest absolute Gasteiger partial charge is 0.370 e. The fourth-order valence-corrected chi connectivity index (χ4v) is 2.27. The molecule has 0 spiro atoms. The van der Waals surface area contributed by atoms with Crippen LogP contribution in [-0.2, 0) is 0 Å². The Hall–Kier alpha value is -0.980. The van der Waals surface area contributed by atoms with Crippen LogP contribution in [0.15, 0.2) is 16.6 Å². The molecule has 1 aromatic rings. The van der Waals surface area contributed by atoms with Gasteiger partial charge < -0.3 is 11.1 Å². The number of carbonyl (C=O) groups excluding carboxylic acids is 1. The summed E-state index contributed by atoms with van der Waals surface area (Å²) in [7, 11) is 0. The van der Waals surface area contributed by atoms with Gasteiger partial charge in [-0.05, 0) is 28.1 Å². The van der Waals surface area contributed by atoms with Crippen molar-refractivity contribution in [2.24, 2.45) is 5.73 Å². The monoisotopic (exact) mass is 324 g/mol. The van der Waals surface area contributed by atoms with Crippen LogP contribution in [0, 0.1) is 5.41 Å². The van der Waals surface area contributed by atoms with Crippen LogP contribution in [0.4, 0.5) is 10.5 Å². The van der Waals surface area contributed by atoms with E-state index in [0.717, 1.165) is 0 Å². The number of halogens is 3. The van der Waals surface area contributed by atoms with Crippen molar-refractivity contribution in [3.63, 3.8) is 0 Å². The molecule has 0 unspecified atom stereocenters. The van der Waals surface area contributed by atoms with Crippen LogP contribution in [-0.4, -0.2) is 12.0 Å². The zero-order chi connectivity index (χ0) is 12.3. The number of anilines is 1. The molecule has 0 saturated carbocycles. The van der Waals surface area contributed by atoms with Crippen molar-refractivity contribution in [2.75, 3.05) is 5.32 Å². The van der Waals surface area contributed by atoms with Gasteiger partial charge in [-0.2, -0.15) is 0 Å². The van der Waals surface area contributed by atoms with E-state index >= 15 is 0 Å². The minimum atomic E-state index is -0.655. The molecular formula is C8H7BrCl2N4O. The van der Waals surface area contributed by atoms with Crippen LogP contribution in [0.1, 0.15) is 0 Å². The molecule has 0 atom stereocenters. The van der Waals surface area contributed by atoms with Crippen LogP contribution < -0.4 is 16.4 Å². The Kier molecular flexibility index (Phi) is 4.40. The van der Waals surface area contributed by atoms with Crippen molar-refractivity contribution < 1.29 is 4.79 Å². The number of rotatable bonds is 1. The zero-order valence-electron chi connectivity index (χ0n) is 7.77. The molecule has 0 aliphatic carbocycles. The summed E-state index contributed by atoms with van der Waals surface area (Å²) in [6.45, 7) is 0. The quantitative estimate of drug-likeness (QED) is 0.472. The smallest absolute Gasteiger partial charge is 0.326 e. The maximum Gasteiger partial charge on any atom is 0.326 e. The third-order valence-corrected chi connectivity index (χ3v) is 2.64. The Morgan fingerprint density at radius 1 is 1.44 bits per heavy atom. The van der Waals surface area contributed by atoms with Gasteiger partial charge in [0.15, 0.2) is 5.96 Å². The van der Waals surface area contributed by atoms with E-state index in [9.17, 15) is 4.79 Å². The summed E-state index contributed by atoms with van der Waals surface area (Å²) < 4.78 is 0.531. The maximum atomic E-state index is 11.3. The lowest BCUT2D eigenvalue weighted by Gasteiger charge is -2.10. The summed E-state index contributed by atoms with van der Waals surface area (Å²) in [5, 5.41) is 12.1. The predicted molar refractivity (Wildman–Crippen MR) is 68.2 cm³/mol. The molecule has 5 nitrogen and oxygen atoms in total. The van der Waals surface area contributed by atoms with E-state index in [2.05, 4.69) is 26.6 Å². The van der Waals surface area contributed by atoms with E-state index in [0.29, 0.717) is 15.2 Å². The first kappa shape index (κ1) is 13.1. The third kappa shape index (κ3) is 3.55. The van der Waals surface area contributed by atoms with Crippen molar-refractivity contribution in [1.29, 1.82) is 5.41 Å². The molecule has 2 amide bonds. The summed E-state index contributed by atoms with van der Waals surface area (Å²) in [6, 6.07) is 2.41. The van der Waals surface area contributed by atoms with Crippen LogP contribution in [0.5, 0.6) is 0 Å². The van der Waals surface area contributed by atoms with E-state index in [1.54, 1.807) is 6.07 Å². The van der Waals surface area contributed by atoms with Gasteiger partial charge in [-0.15, -0.1) is 0 Å². The normalized spacial score (nSPS) is 9.69. The molecule has 5 N–H and O–H groups in total. The molecule has 0 saturated heterocycles. The van der Waals surface area contributed by atoms with Crippen molar-refractivity contribution in [2.45, 2.75) is 0 Å². The molecule has 0 radical (unpaired) electrons. The second-order valence-electron chi connectivity index (χ2n) is 2.74.